The molecule has 2 aromatic rings. The molecule has 46 heteroatoms. The molecule has 0 aromatic heterocycles. The Morgan fingerprint density at radius 1 is 0.337 bits per heavy atom. The van der Waals surface area contributed by atoms with Crippen LogP contribution in [0.3, 0.4) is 0 Å². The molecule has 0 spiro atoms. The molecule has 83 heavy (non-hydrogen) atoms. The van der Waals surface area contributed by atoms with Gasteiger partial charge in [0.15, 0.2) is 0 Å². The first-order chi connectivity index (χ1) is 36.0. The number of esters is 1. The number of benzene rings is 2. The number of hydrogen-bond acceptors (Lipinski definition) is 2. The molecule has 0 N–H and O–H groups in total. The van der Waals surface area contributed by atoms with Crippen LogP contribution in [0.1, 0.15) is 29.6 Å². The van der Waals surface area contributed by atoms with Gasteiger partial charge in [-0.1, -0.05) is 0 Å². The molecule has 2 nitrogen and oxygen atoms in total. The van der Waals surface area contributed by atoms with E-state index in [1.807, 2.05) is 0 Å². The molecule has 0 amide bonds. The molecule has 0 atom stereocenters. The van der Waals surface area contributed by atoms with Crippen LogP contribution < -0.4 is 8.32 Å². The Bertz CT molecular complexity index is 2440. The number of ether oxygens (including phenoxy) is 1. The monoisotopic (exact) mass is 1430 g/mol. The van der Waals surface area contributed by atoms with Gasteiger partial charge < -0.3 is 0 Å². The summed E-state index contributed by atoms with van der Waals surface area (Å²) in [5, 5.41) is 0. The van der Waals surface area contributed by atoms with Crippen molar-refractivity contribution in [3.8, 4) is 5.75 Å². The fraction of sp³-hybridized carbons (Fsp3) is 0.649. The van der Waals surface area contributed by atoms with E-state index in [2.05, 4.69) is 4.74 Å². The predicted molar refractivity (Wildman–Crippen MR) is 184 cm³/mol. The summed E-state index contributed by atoms with van der Waals surface area (Å²) in [5.74, 6) is -147. The van der Waals surface area contributed by atoms with Crippen molar-refractivity contribution >= 4 is 27.9 Å². The second-order valence-electron chi connectivity index (χ2n) is 17.0. The van der Waals surface area contributed by atoms with Gasteiger partial charge in [-0.3, -0.25) is 0 Å². The first-order valence-electron chi connectivity index (χ1n) is 20.0. The van der Waals surface area contributed by atoms with E-state index in [0.29, 0.717) is 0 Å². The van der Waals surface area contributed by atoms with Crippen molar-refractivity contribution in [2.75, 3.05) is 0 Å². The Labute approximate surface area is 431 Å². The van der Waals surface area contributed by atoms with Crippen LogP contribution in [0.5, 0.6) is 5.75 Å². The third kappa shape index (κ3) is 11.6. The maximum atomic E-state index is 15.4. The number of carbonyl (C=O) groups excluding carboxylic acids is 1. The quantitative estimate of drug-likeness (QED) is 0.0344. The van der Waals surface area contributed by atoms with Gasteiger partial charge in [0.2, 0.25) is 0 Å². The summed E-state index contributed by atoms with van der Waals surface area (Å²) in [4.78, 5) is 12.9. The van der Waals surface area contributed by atoms with Gasteiger partial charge in [-0.05, 0) is 0 Å². The molecular weight excluding hydrogens is 1410 g/mol. The van der Waals surface area contributed by atoms with E-state index < -0.39 is 221 Å². The van der Waals surface area contributed by atoms with Crippen LogP contribution in [0.15, 0.2) is 30.3 Å². The van der Waals surface area contributed by atoms with E-state index in [9.17, 15) is 167 Å². The number of halogens is 43. The molecule has 0 saturated carbocycles. The van der Waals surface area contributed by atoms with Crippen molar-refractivity contribution < 1.29 is 198 Å². The molecular formula is C37H17F43O2Sn. The summed E-state index contributed by atoms with van der Waals surface area (Å²) in [6.07, 6.45) is -37.8. The van der Waals surface area contributed by atoms with Crippen LogP contribution in [0.4, 0.5) is 189 Å². The van der Waals surface area contributed by atoms with Crippen molar-refractivity contribution in [1.82, 2.24) is 0 Å². The van der Waals surface area contributed by atoms with Gasteiger partial charge in [-0.25, -0.2) is 0 Å². The van der Waals surface area contributed by atoms with Crippen LogP contribution in [-0.4, -0.2) is 132 Å². The molecule has 2 aromatic carbocycles. The van der Waals surface area contributed by atoms with Crippen molar-refractivity contribution in [1.29, 1.82) is 0 Å². The van der Waals surface area contributed by atoms with Crippen LogP contribution >= 0.6 is 0 Å². The molecule has 0 saturated heterocycles. The van der Waals surface area contributed by atoms with Crippen LogP contribution in [0.25, 0.3) is 0 Å². The predicted octanol–water partition coefficient (Wildman–Crippen LogP) is 17.5. The minimum absolute atomic E-state index is 0.224. The summed E-state index contributed by atoms with van der Waals surface area (Å²) >= 11 is -8.87. The Morgan fingerprint density at radius 3 is 0.819 bits per heavy atom. The van der Waals surface area contributed by atoms with Gasteiger partial charge >= 0.3 is 431 Å². The van der Waals surface area contributed by atoms with Crippen molar-refractivity contribution in [3.63, 3.8) is 0 Å². The van der Waals surface area contributed by atoms with Gasteiger partial charge in [0.25, 0.3) is 0 Å². The number of rotatable bonds is 24. The van der Waals surface area contributed by atoms with Gasteiger partial charge in [0.05, 0.1) is 0 Å². The molecule has 0 radical (unpaired) electrons. The van der Waals surface area contributed by atoms with Crippen LogP contribution in [0, 0.1) is 23.3 Å². The van der Waals surface area contributed by atoms with E-state index in [1.165, 1.54) is 0 Å². The first kappa shape index (κ1) is 74.8. The van der Waals surface area contributed by atoms with Crippen molar-refractivity contribution in [3.05, 3.63) is 59.2 Å². The Morgan fingerprint density at radius 2 is 0.578 bits per heavy atom. The average molecular weight is 1430 g/mol. The zero-order valence-corrected chi connectivity index (χ0v) is 40.6. The summed E-state index contributed by atoms with van der Waals surface area (Å²) in [6.45, 7) is 0. The van der Waals surface area contributed by atoms with E-state index >= 15 is 26.3 Å². The van der Waals surface area contributed by atoms with Crippen molar-refractivity contribution in [2.24, 2.45) is 0 Å². The second-order valence-corrected chi connectivity index (χ2v) is 30.3. The van der Waals surface area contributed by atoms with Crippen LogP contribution in [-0.2, 0) is 0 Å². The number of carbonyl (C=O) groups is 1. The second kappa shape index (κ2) is 21.5. The standard InChI is InChI=1S/C13H5F4O2.3C8H4F13.Sn/c14-8-6-9(15)11(17)12(10(8)16)19-13(18)7-4-2-1-3-5-7;3*1-2-3(9,10)4(11,12)5(13,14)6(15,16)7(17,18)8(19,20)21;/h1-2,4-6H;3*1-2H2;. The Kier molecular flexibility index (Phi) is 19.4. The summed E-state index contributed by atoms with van der Waals surface area (Å²) < 4.78 is 595. The minimum atomic E-state index is -9.07. The van der Waals surface area contributed by atoms with Crippen LogP contribution in [0.2, 0.25) is 13.3 Å². The maximum absolute atomic E-state index is 15.4. The SMILES string of the molecule is O=C(Oc1c(F)c(F)cc(F)c1F)c1ccc[c]([Sn]([CH2]CC(F)(F)C(F)(F)C(F)(F)C(F)(F)C(F)(F)C(F)(F)F)([CH2]CC(F)(F)C(F)(F)C(F)(F)C(F)(F)C(F)(F)C(F)(F)F)[CH2]CC(F)(F)C(F)(F)C(F)(F)C(F)(F)C(F)(F)C(F)(F)F)c1. The first-order valence-corrected chi connectivity index (χ1v) is 27.5. The molecule has 0 heterocycles. The third-order valence-electron chi connectivity index (χ3n) is 11.7. The Balaban J connectivity index is 3.34. The Hall–Kier alpha value is -4.30. The fourth-order valence-corrected chi connectivity index (χ4v) is 20.6. The number of alkyl halides is 39. The van der Waals surface area contributed by atoms with Gasteiger partial charge in [0.1, 0.15) is 0 Å². The fourth-order valence-electron chi connectivity index (χ4n) is 6.64. The molecule has 0 unspecified atom stereocenters. The van der Waals surface area contributed by atoms with E-state index in [-0.39, 0.29) is 12.1 Å². The molecule has 0 aliphatic rings. The van der Waals surface area contributed by atoms with E-state index in [4.69, 9.17) is 0 Å². The topological polar surface area (TPSA) is 26.3 Å². The van der Waals surface area contributed by atoms with E-state index in [0.717, 1.165) is 0 Å². The molecule has 0 aliphatic heterocycles. The summed E-state index contributed by atoms with van der Waals surface area (Å²) in [6, 6.07) is -2.65. The molecule has 2 rings (SSSR count). The molecule has 0 fully saturated rings. The molecule has 0 aliphatic carbocycles. The zero-order chi connectivity index (χ0) is 66.6. The summed E-state index contributed by atoms with van der Waals surface area (Å²) in [5.41, 5.74) is -2.13. The van der Waals surface area contributed by atoms with Gasteiger partial charge in [-0.2, -0.15) is 0 Å². The summed E-state index contributed by atoms with van der Waals surface area (Å²) in [7, 11) is 0. The molecule has 482 valence electrons. The third-order valence-corrected chi connectivity index (χ3v) is 26.4. The van der Waals surface area contributed by atoms with Gasteiger partial charge in [0, 0.05) is 0 Å². The number of hydrogen-bond donors (Lipinski definition) is 0. The van der Waals surface area contributed by atoms with Gasteiger partial charge in [-0.15, -0.1) is 0 Å². The zero-order valence-electron chi connectivity index (χ0n) is 37.7. The average Bonchev–Trinajstić information content (AvgIpc) is 3.30. The van der Waals surface area contributed by atoms with Crippen molar-refractivity contribution in [2.45, 2.75) is 140 Å². The van der Waals surface area contributed by atoms with E-state index in [1.54, 1.807) is 0 Å². The normalized spacial score (nSPS) is 15.7. The molecule has 0 bridgehead atoms.